The van der Waals surface area contributed by atoms with E-state index in [1.54, 1.807) is 42.5 Å². The summed E-state index contributed by atoms with van der Waals surface area (Å²) < 4.78 is 36.7. The maximum Gasteiger partial charge on any atom is 0.407 e. The van der Waals surface area contributed by atoms with Crippen LogP contribution in [-0.2, 0) is 21.2 Å². The van der Waals surface area contributed by atoms with Crippen molar-refractivity contribution in [2.45, 2.75) is 87.5 Å². The number of carbonyl (C=O) groups excluding carboxylic acids is 1. The molecule has 6 nitrogen and oxygen atoms in total. The van der Waals surface area contributed by atoms with E-state index >= 15 is 0 Å². The number of carbonyl (C=O) groups is 1. The minimum atomic E-state index is -3.75. The van der Waals surface area contributed by atoms with E-state index in [-0.39, 0.29) is 16.4 Å². The molecular weight excluding hydrogens is 450 g/mol. The summed E-state index contributed by atoms with van der Waals surface area (Å²) in [7, 11) is -2.24. The molecule has 0 radical (unpaired) electrons. The topological polar surface area (TPSA) is 81.7 Å². The molecule has 7 heteroatoms. The summed E-state index contributed by atoms with van der Waals surface area (Å²) in [6.45, 7) is 2.61. The molecule has 188 valence electrons. The van der Waals surface area contributed by atoms with Crippen LogP contribution >= 0.6 is 0 Å². The third-order valence-corrected chi connectivity index (χ3v) is 7.64. The van der Waals surface area contributed by atoms with E-state index in [0.29, 0.717) is 17.9 Å². The van der Waals surface area contributed by atoms with Crippen LogP contribution in [0, 0.1) is 0 Å². The number of amides is 1. The number of hydrogen-bond donors (Lipinski definition) is 1. The molecule has 0 fully saturated rings. The SMILES string of the molecule is CCCCCCCCCCCCNC(=O)OCc1cc(OC)ccc1S(=O)(=O)c1ccccc1. The Kier molecular flexibility index (Phi) is 12.5. The first-order valence-corrected chi connectivity index (χ1v) is 13.8. The van der Waals surface area contributed by atoms with Gasteiger partial charge in [0.15, 0.2) is 0 Å². The van der Waals surface area contributed by atoms with Crippen LogP contribution in [0.1, 0.15) is 76.7 Å². The molecule has 2 rings (SSSR count). The van der Waals surface area contributed by atoms with E-state index in [0.717, 1.165) is 12.8 Å². The Hall–Kier alpha value is -2.54. The van der Waals surface area contributed by atoms with E-state index < -0.39 is 15.9 Å². The highest BCUT2D eigenvalue weighted by molar-refractivity contribution is 7.91. The number of methoxy groups -OCH3 is 1. The van der Waals surface area contributed by atoms with Crippen molar-refractivity contribution >= 4 is 15.9 Å². The summed E-state index contributed by atoms with van der Waals surface area (Å²) in [4.78, 5) is 12.4. The normalized spacial score (nSPS) is 11.2. The molecule has 0 atom stereocenters. The van der Waals surface area contributed by atoms with Gasteiger partial charge in [-0.3, -0.25) is 0 Å². The van der Waals surface area contributed by atoms with Gasteiger partial charge in [0, 0.05) is 12.1 Å². The number of nitrogens with one attached hydrogen (secondary N) is 1. The predicted molar refractivity (Wildman–Crippen MR) is 135 cm³/mol. The van der Waals surface area contributed by atoms with Gasteiger partial charge in [0.25, 0.3) is 0 Å². The third kappa shape index (κ3) is 9.37. The molecule has 0 aliphatic heterocycles. The van der Waals surface area contributed by atoms with Crippen molar-refractivity contribution in [3.8, 4) is 5.75 Å². The molecule has 1 amide bonds. The zero-order chi connectivity index (χ0) is 24.7. The van der Waals surface area contributed by atoms with E-state index in [1.165, 1.54) is 64.5 Å². The van der Waals surface area contributed by atoms with Crippen molar-refractivity contribution < 1.29 is 22.7 Å². The molecule has 0 saturated heterocycles. The lowest BCUT2D eigenvalue weighted by Crippen LogP contribution is -2.25. The van der Waals surface area contributed by atoms with E-state index in [4.69, 9.17) is 9.47 Å². The average molecular weight is 490 g/mol. The summed E-state index contributed by atoms with van der Waals surface area (Å²) in [5.74, 6) is 0.497. The highest BCUT2D eigenvalue weighted by Crippen LogP contribution is 2.28. The van der Waals surface area contributed by atoms with Gasteiger partial charge in [-0.25, -0.2) is 13.2 Å². The van der Waals surface area contributed by atoms with Crippen LogP contribution in [-0.4, -0.2) is 28.2 Å². The van der Waals surface area contributed by atoms with Crippen molar-refractivity contribution in [3.63, 3.8) is 0 Å². The van der Waals surface area contributed by atoms with Gasteiger partial charge in [0.05, 0.1) is 16.9 Å². The van der Waals surface area contributed by atoms with Crippen LogP contribution in [0.5, 0.6) is 5.75 Å². The monoisotopic (exact) mass is 489 g/mol. The molecule has 0 aliphatic carbocycles. The molecule has 0 aromatic heterocycles. The second kappa shape index (κ2) is 15.4. The maximum atomic E-state index is 13.1. The van der Waals surface area contributed by atoms with Crippen LogP contribution in [0.25, 0.3) is 0 Å². The molecule has 0 unspecified atom stereocenters. The van der Waals surface area contributed by atoms with Crippen molar-refractivity contribution in [1.29, 1.82) is 0 Å². The first kappa shape index (κ1) is 27.7. The van der Waals surface area contributed by atoms with Crippen LogP contribution in [0.2, 0.25) is 0 Å². The van der Waals surface area contributed by atoms with Gasteiger partial charge in [-0.15, -0.1) is 0 Å². The van der Waals surface area contributed by atoms with E-state index in [1.807, 2.05) is 0 Å². The first-order valence-electron chi connectivity index (χ1n) is 12.4. The molecule has 0 bridgehead atoms. The Morgan fingerprint density at radius 1 is 0.853 bits per heavy atom. The highest BCUT2D eigenvalue weighted by Gasteiger charge is 2.22. The Labute approximate surface area is 205 Å². The van der Waals surface area contributed by atoms with E-state index in [9.17, 15) is 13.2 Å². The summed E-state index contributed by atoms with van der Waals surface area (Å²) in [6.07, 6.45) is 11.7. The van der Waals surface area contributed by atoms with E-state index in [2.05, 4.69) is 12.2 Å². The largest absolute Gasteiger partial charge is 0.497 e. The molecule has 0 saturated carbocycles. The number of hydrogen-bond acceptors (Lipinski definition) is 5. The lowest BCUT2D eigenvalue weighted by atomic mass is 10.1. The second-order valence-electron chi connectivity index (χ2n) is 8.48. The third-order valence-electron chi connectivity index (χ3n) is 5.77. The lowest BCUT2D eigenvalue weighted by molar-refractivity contribution is 0.138. The van der Waals surface area contributed by atoms with Gasteiger partial charge in [0.1, 0.15) is 12.4 Å². The molecule has 2 aromatic carbocycles. The molecule has 0 spiro atoms. The van der Waals surface area contributed by atoms with Crippen molar-refractivity contribution in [3.05, 3.63) is 54.1 Å². The number of rotatable bonds is 16. The standard InChI is InChI=1S/C27H39NO5S/c1-3-4-5-6-7-8-9-10-11-15-20-28-27(29)33-22-23-21-24(32-2)18-19-26(23)34(30,31)25-16-13-12-14-17-25/h12-14,16-19,21H,3-11,15,20,22H2,1-2H3,(H,28,29). The molecule has 2 aromatic rings. The van der Waals surface area contributed by atoms with Crippen molar-refractivity contribution in [2.75, 3.05) is 13.7 Å². The second-order valence-corrected chi connectivity index (χ2v) is 10.4. The summed E-state index contributed by atoms with van der Waals surface area (Å²) >= 11 is 0. The number of unbranched alkanes of at least 4 members (excludes halogenated alkanes) is 9. The number of benzene rings is 2. The summed E-state index contributed by atoms with van der Waals surface area (Å²) in [5.41, 5.74) is 0.372. The fourth-order valence-electron chi connectivity index (χ4n) is 3.78. The fraction of sp³-hybridized carbons (Fsp3) is 0.519. The lowest BCUT2D eigenvalue weighted by Gasteiger charge is -2.13. The minimum Gasteiger partial charge on any atom is -0.497 e. The maximum absolute atomic E-state index is 13.1. The van der Waals surface area contributed by atoms with Gasteiger partial charge in [-0.2, -0.15) is 0 Å². The van der Waals surface area contributed by atoms with Crippen molar-refractivity contribution in [2.24, 2.45) is 0 Å². The first-order chi connectivity index (χ1) is 16.5. The Morgan fingerprint density at radius 2 is 1.47 bits per heavy atom. The van der Waals surface area contributed by atoms with Crippen LogP contribution in [0.3, 0.4) is 0 Å². The zero-order valence-corrected chi connectivity index (χ0v) is 21.4. The quantitative estimate of drug-likeness (QED) is 0.266. The molecular formula is C27H39NO5S. The number of ether oxygens (including phenoxy) is 2. The molecule has 1 N–H and O–H groups in total. The molecule has 0 aliphatic rings. The fourth-order valence-corrected chi connectivity index (χ4v) is 5.26. The van der Waals surface area contributed by atoms with Gasteiger partial charge >= 0.3 is 6.09 Å². The minimum absolute atomic E-state index is 0.0991. The zero-order valence-electron chi connectivity index (χ0n) is 20.6. The van der Waals surface area contributed by atoms with Gasteiger partial charge in [-0.1, -0.05) is 82.9 Å². The van der Waals surface area contributed by atoms with Gasteiger partial charge < -0.3 is 14.8 Å². The smallest absolute Gasteiger partial charge is 0.407 e. The summed E-state index contributed by atoms with van der Waals surface area (Å²) in [6, 6.07) is 12.9. The Morgan fingerprint density at radius 3 is 2.09 bits per heavy atom. The number of sulfone groups is 1. The predicted octanol–water partition coefficient (Wildman–Crippen LogP) is 6.68. The van der Waals surface area contributed by atoms with Crippen LogP contribution in [0.15, 0.2) is 58.3 Å². The highest BCUT2D eigenvalue weighted by atomic mass is 32.2. The van der Waals surface area contributed by atoms with Gasteiger partial charge in [0.2, 0.25) is 9.84 Å². The molecule has 0 heterocycles. The van der Waals surface area contributed by atoms with Crippen molar-refractivity contribution in [1.82, 2.24) is 5.32 Å². The number of alkyl carbamates (subject to hydrolysis) is 1. The average Bonchev–Trinajstić information content (AvgIpc) is 2.86. The molecule has 34 heavy (non-hydrogen) atoms. The Bertz CT molecular complexity index is 960. The van der Waals surface area contributed by atoms with Gasteiger partial charge in [-0.05, 0) is 36.8 Å². The Balaban J connectivity index is 1.78. The van der Waals surface area contributed by atoms with Crippen LogP contribution in [0.4, 0.5) is 4.79 Å². The van der Waals surface area contributed by atoms with Crippen LogP contribution < -0.4 is 10.1 Å². The summed E-state index contributed by atoms with van der Waals surface area (Å²) in [5, 5.41) is 2.75.